The zero-order valence-electron chi connectivity index (χ0n) is 32.9. The molecule has 0 radical (unpaired) electrons. The molecule has 1 fully saturated rings. The number of carbonyl (C=O) groups is 4. The molecule has 11 nitrogen and oxygen atoms in total. The lowest BCUT2D eigenvalue weighted by Gasteiger charge is -2.38. The molecule has 3 aromatic rings. The fourth-order valence-electron chi connectivity index (χ4n) is 6.72. The first-order valence-electron chi connectivity index (χ1n) is 19.1. The summed E-state index contributed by atoms with van der Waals surface area (Å²) in [6.07, 6.45) is -0.569. The molecule has 4 amide bonds. The number of amides is 4. The van der Waals surface area contributed by atoms with Crippen molar-refractivity contribution in [3.63, 3.8) is 0 Å². The van der Waals surface area contributed by atoms with Crippen LogP contribution in [-0.4, -0.2) is 88.9 Å². The van der Waals surface area contributed by atoms with Gasteiger partial charge in [-0.2, -0.15) is 0 Å². The number of alkyl carbamates (subject to hydrolysis) is 1. The first kappa shape index (κ1) is 43.1. The summed E-state index contributed by atoms with van der Waals surface area (Å²) < 4.78 is 11.0. The highest BCUT2D eigenvalue weighted by Crippen LogP contribution is 2.23. The Morgan fingerprint density at radius 2 is 1.47 bits per heavy atom. The molecule has 0 bridgehead atoms. The maximum absolute atomic E-state index is 14.2. The van der Waals surface area contributed by atoms with Crippen molar-refractivity contribution in [1.82, 2.24) is 20.4 Å². The minimum absolute atomic E-state index is 0.0112. The molecule has 1 aliphatic rings. The molecule has 3 aromatic carbocycles. The van der Waals surface area contributed by atoms with E-state index in [0.717, 1.165) is 16.7 Å². The second-order valence-electron chi connectivity index (χ2n) is 15.7. The van der Waals surface area contributed by atoms with Gasteiger partial charge in [-0.1, -0.05) is 98.2 Å². The minimum Gasteiger partial charge on any atom is -0.445 e. The molecular formula is C43H57ClN4O7. The highest BCUT2D eigenvalue weighted by atomic mass is 35.5. The van der Waals surface area contributed by atoms with Gasteiger partial charge in [0.15, 0.2) is 0 Å². The normalized spacial score (nSPS) is 15.7. The maximum Gasteiger partial charge on any atom is 0.410 e. The Labute approximate surface area is 330 Å². The Morgan fingerprint density at radius 3 is 2.05 bits per heavy atom. The molecule has 0 aromatic heterocycles. The predicted octanol–water partition coefficient (Wildman–Crippen LogP) is 6.79. The van der Waals surface area contributed by atoms with Crippen LogP contribution in [0.1, 0.15) is 70.6 Å². The van der Waals surface area contributed by atoms with E-state index in [1.165, 1.54) is 0 Å². The fourth-order valence-corrected chi connectivity index (χ4v) is 6.94. The lowest BCUT2D eigenvalue weighted by molar-refractivity contribution is -0.140. The summed E-state index contributed by atoms with van der Waals surface area (Å²) in [7, 11) is 1.72. The Morgan fingerprint density at radius 1 is 0.873 bits per heavy atom. The van der Waals surface area contributed by atoms with Gasteiger partial charge in [-0.05, 0) is 87.6 Å². The molecule has 0 saturated carbocycles. The number of nitrogens with one attached hydrogen (secondary N) is 2. The summed E-state index contributed by atoms with van der Waals surface area (Å²) in [5, 5.41) is 18.1. The van der Waals surface area contributed by atoms with E-state index >= 15 is 0 Å². The van der Waals surface area contributed by atoms with E-state index in [-0.39, 0.29) is 37.3 Å². The van der Waals surface area contributed by atoms with Crippen molar-refractivity contribution in [1.29, 1.82) is 0 Å². The second kappa shape index (κ2) is 20.3. The monoisotopic (exact) mass is 776 g/mol. The van der Waals surface area contributed by atoms with Crippen LogP contribution in [0.25, 0.3) is 0 Å². The molecule has 298 valence electrons. The standard InChI is InChI=1S/C43H57ClN4O7/c1-29(2)38(40(51)48-22-20-35(21-23-48)47(6)42(53)54-28-31-16-11-8-12-17-31)46-39(50)33(24-32-18-13-19-34(44)25-32)27-37(49)36(26-30-14-9-7-10-15-30)45-41(52)55-43(3,4)5/h7-19,25,29,33,35-38,49H,20-24,26-28H2,1-6H3,(H,45,52)(H,46,50)/t33-,36-,37+,38-/m0/s1. The van der Waals surface area contributed by atoms with Crippen molar-refractivity contribution in [2.45, 2.75) is 103 Å². The number of aliphatic hydroxyl groups excluding tert-OH is 1. The van der Waals surface area contributed by atoms with E-state index in [1.54, 1.807) is 55.8 Å². The number of hydrogen-bond donors (Lipinski definition) is 3. The van der Waals surface area contributed by atoms with Gasteiger partial charge in [0, 0.05) is 37.1 Å². The minimum atomic E-state index is -1.15. The van der Waals surface area contributed by atoms with E-state index in [9.17, 15) is 24.3 Å². The molecular weight excluding hydrogens is 720 g/mol. The molecule has 1 heterocycles. The summed E-state index contributed by atoms with van der Waals surface area (Å²) in [5.41, 5.74) is 1.84. The van der Waals surface area contributed by atoms with Gasteiger partial charge in [0.1, 0.15) is 18.2 Å². The molecule has 1 saturated heterocycles. The van der Waals surface area contributed by atoms with Gasteiger partial charge in [0.05, 0.1) is 12.1 Å². The van der Waals surface area contributed by atoms with Crippen LogP contribution >= 0.6 is 11.6 Å². The van der Waals surface area contributed by atoms with Crippen molar-refractivity contribution < 1.29 is 33.8 Å². The third-order valence-electron chi connectivity index (χ3n) is 9.78. The SMILES string of the molecule is CC(C)[C@H](NC(=O)[C@@H](Cc1cccc(Cl)c1)C[C@@H](O)[C@H](Cc1ccccc1)NC(=O)OC(C)(C)C)C(=O)N1CCC(N(C)C(=O)OCc2ccccc2)CC1. The van der Waals surface area contributed by atoms with Crippen molar-refractivity contribution in [2.24, 2.45) is 11.8 Å². The fraction of sp³-hybridized carbons (Fsp3) is 0.488. The van der Waals surface area contributed by atoms with Gasteiger partial charge in [0.25, 0.3) is 0 Å². The van der Waals surface area contributed by atoms with Gasteiger partial charge in [-0.25, -0.2) is 9.59 Å². The molecule has 4 atom stereocenters. The van der Waals surface area contributed by atoms with Crippen LogP contribution in [0.5, 0.6) is 0 Å². The molecule has 12 heteroatoms. The Hall–Kier alpha value is -4.61. The van der Waals surface area contributed by atoms with E-state index < -0.39 is 47.8 Å². The zero-order chi connectivity index (χ0) is 40.1. The number of halogens is 1. The van der Waals surface area contributed by atoms with E-state index in [2.05, 4.69) is 10.6 Å². The molecule has 0 unspecified atom stereocenters. The van der Waals surface area contributed by atoms with E-state index in [1.807, 2.05) is 80.6 Å². The topological polar surface area (TPSA) is 138 Å². The van der Waals surface area contributed by atoms with Crippen LogP contribution < -0.4 is 10.6 Å². The summed E-state index contributed by atoms with van der Waals surface area (Å²) >= 11 is 6.32. The first-order chi connectivity index (χ1) is 26.1. The van der Waals surface area contributed by atoms with Crippen LogP contribution in [0.2, 0.25) is 5.02 Å². The first-order valence-corrected chi connectivity index (χ1v) is 19.5. The molecule has 3 N–H and O–H groups in total. The third-order valence-corrected chi connectivity index (χ3v) is 10.0. The van der Waals surface area contributed by atoms with Crippen molar-refractivity contribution in [2.75, 3.05) is 20.1 Å². The second-order valence-corrected chi connectivity index (χ2v) is 16.2. The molecule has 55 heavy (non-hydrogen) atoms. The van der Waals surface area contributed by atoms with Gasteiger partial charge in [0.2, 0.25) is 11.8 Å². The Balaban J connectivity index is 1.45. The molecule has 4 rings (SSSR count). The quantitative estimate of drug-likeness (QED) is 0.155. The largest absolute Gasteiger partial charge is 0.445 e. The smallest absolute Gasteiger partial charge is 0.410 e. The zero-order valence-corrected chi connectivity index (χ0v) is 33.6. The number of carbonyl (C=O) groups excluding carboxylic acids is 4. The number of ether oxygens (including phenoxy) is 2. The predicted molar refractivity (Wildman–Crippen MR) is 213 cm³/mol. The summed E-state index contributed by atoms with van der Waals surface area (Å²) in [4.78, 5) is 57.3. The number of nitrogens with zero attached hydrogens (tertiary/aromatic N) is 2. The Kier molecular flexibility index (Phi) is 16.0. The number of aliphatic hydroxyl groups is 1. The summed E-state index contributed by atoms with van der Waals surface area (Å²) in [6.45, 7) is 10.1. The molecule has 0 aliphatic carbocycles. The van der Waals surface area contributed by atoms with Crippen LogP contribution in [-0.2, 0) is 38.5 Å². The van der Waals surface area contributed by atoms with Crippen molar-refractivity contribution in [3.8, 4) is 0 Å². The average Bonchev–Trinajstić information content (AvgIpc) is 3.14. The number of likely N-dealkylation sites (tertiary alicyclic amines) is 1. The summed E-state index contributed by atoms with van der Waals surface area (Å²) in [6, 6.07) is 24.4. The van der Waals surface area contributed by atoms with Gasteiger partial charge < -0.3 is 35.0 Å². The van der Waals surface area contributed by atoms with E-state index in [0.29, 0.717) is 37.4 Å². The molecule has 0 spiro atoms. The number of hydrogen-bond acceptors (Lipinski definition) is 7. The Bertz CT molecular complexity index is 1690. The van der Waals surface area contributed by atoms with Crippen LogP contribution in [0.15, 0.2) is 84.9 Å². The van der Waals surface area contributed by atoms with E-state index in [4.69, 9.17) is 21.1 Å². The highest BCUT2D eigenvalue weighted by molar-refractivity contribution is 6.30. The van der Waals surface area contributed by atoms with Crippen molar-refractivity contribution in [3.05, 3.63) is 107 Å². The third kappa shape index (κ3) is 13.9. The average molecular weight is 777 g/mol. The lowest BCUT2D eigenvalue weighted by atomic mass is 9.88. The van der Waals surface area contributed by atoms with Gasteiger partial charge in [-0.3, -0.25) is 9.59 Å². The number of piperidine rings is 1. The lowest BCUT2D eigenvalue weighted by Crippen LogP contribution is -2.56. The van der Waals surface area contributed by atoms with Gasteiger partial charge >= 0.3 is 12.2 Å². The number of benzene rings is 3. The van der Waals surface area contributed by atoms with Crippen LogP contribution in [0.4, 0.5) is 9.59 Å². The summed E-state index contributed by atoms with van der Waals surface area (Å²) in [5.74, 6) is -1.60. The van der Waals surface area contributed by atoms with Crippen LogP contribution in [0, 0.1) is 11.8 Å². The maximum atomic E-state index is 14.2. The number of rotatable bonds is 15. The molecule has 1 aliphatic heterocycles. The van der Waals surface area contributed by atoms with Crippen LogP contribution in [0.3, 0.4) is 0 Å². The highest BCUT2D eigenvalue weighted by Gasteiger charge is 2.36. The van der Waals surface area contributed by atoms with Crippen molar-refractivity contribution >= 4 is 35.6 Å². The van der Waals surface area contributed by atoms with Gasteiger partial charge in [-0.15, -0.1) is 0 Å².